The van der Waals surface area contributed by atoms with Crippen LogP contribution in [0.1, 0.15) is 43.7 Å². The second-order valence-corrected chi connectivity index (χ2v) is 8.35. The number of ether oxygens (including phenoxy) is 1. The fraction of sp³-hybridized carbons (Fsp3) is 0.458. The molecule has 1 fully saturated rings. The Morgan fingerprint density at radius 3 is 3.04 bits per heavy atom. The van der Waals surface area contributed by atoms with Crippen molar-refractivity contribution in [3.05, 3.63) is 59.9 Å². The Labute approximate surface area is 167 Å². The average Bonchev–Trinajstić information content (AvgIpc) is 3.16. The van der Waals surface area contributed by atoms with E-state index in [2.05, 4.69) is 71.6 Å². The van der Waals surface area contributed by atoms with Gasteiger partial charge in [0.2, 0.25) is 0 Å². The molecule has 3 atom stereocenters. The molecule has 0 spiro atoms. The Kier molecular flexibility index (Phi) is 5.96. The molecule has 3 aromatic rings. The van der Waals surface area contributed by atoms with Crippen molar-refractivity contribution in [2.75, 3.05) is 6.54 Å². The van der Waals surface area contributed by atoms with Crippen LogP contribution in [0.25, 0.3) is 11.0 Å². The summed E-state index contributed by atoms with van der Waals surface area (Å²) in [4.78, 5) is 7.49. The van der Waals surface area contributed by atoms with E-state index < -0.39 is 0 Å². The summed E-state index contributed by atoms with van der Waals surface area (Å²) in [6.45, 7) is 6.43. The van der Waals surface area contributed by atoms with Crippen molar-refractivity contribution < 1.29 is 4.74 Å². The molecule has 1 saturated carbocycles. The molecular weight excluding hydrogens is 346 g/mol. The number of nitrogens with one attached hydrogen (secondary N) is 2. The van der Waals surface area contributed by atoms with Crippen LogP contribution in [0, 0.1) is 18.8 Å². The van der Waals surface area contributed by atoms with E-state index in [4.69, 9.17) is 4.74 Å². The molecule has 4 heteroatoms. The number of aromatic nitrogens is 2. The lowest BCUT2D eigenvalue weighted by atomic mass is 9.79. The molecule has 148 valence electrons. The summed E-state index contributed by atoms with van der Waals surface area (Å²) in [5.41, 5.74) is 4.68. The molecule has 1 aliphatic carbocycles. The van der Waals surface area contributed by atoms with Crippen LogP contribution in [0.15, 0.2) is 48.8 Å². The van der Waals surface area contributed by atoms with E-state index >= 15 is 0 Å². The quantitative estimate of drug-likeness (QED) is 0.592. The summed E-state index contributed by atoms with van der Waals surface area (Å²) < 4.78 is 6.29. The highest BCUT2D eigenvalue weighted by atomic mass is 16.5. The molecule has 1 heterocycles. The van der Waals surface area contributed by atoms with Crippen LogP contribution in [0.3, 0.4) is 0 Å². The fourth-order valence-corrected chi connectivity index (χ4v) is 4.38. The van der Waals surface area contributed by atoms with Gasteiger partial charge in [0.25, 0.3) is 0 Å². The molecule has 2 aromatic carbocycles. The third kappa shape index (κ3) is 4.74. The Bertz CT molecular complexity index is 904. The van der Waals surface area contributed by atoms with E-state index in [9.17, 15) is 0 Å². The first-order valence-corrected chi connectivity index (χ1v) is 10.5. The van der Waals surface area contributed by atoms with Crippen molar-refractivity contribution in [1.82, 2.24) is 15.3 Å². The summed E-state index contributed by atoms with van der Waals surface area (Å²) in [6.07, 6.45) is 7.02. The minimum absolute atomic E-state index is 0.352. The zero-order valence-electron chi connectivity index (χ0n) is 16.9. The zero-order valence-corrected chi connectivity index (χ0v) is 16.9. The summed E-state index contributed by atoms with van der Waals surface area (Å²) >= 11 is 0. The maximum atomic E-state index is 6.29. The molecule has 2 N–H and O–H groups in total. The van der Waals surface area contributed by atoms with Crippen LogP contribution in [-0.2, 0) is 6.54 Å². The topological polar surface area (TPSA) is 49.9 Å². The molecule has 1 aromatic heterocycles. The predicted molar refractivity (Wildman–Crippen MR) is 115 cm³/mol. The van der Waals surface area contributed by atoms with Gasteiger partial charge in [0.15, 0.2) is 0 Å². The summed E-state index contributed by atoms with van der Waals surface area (Å²) in [6, 6.07) is 14.9. The Hall–Kier alpha value is -2.33. The molecule has 0 bridgehead atoms. The molecule has 1 aliphatic rings. The first-order valence-electron chi connectivity index (χ1n) is 10.5. The van der Waals surface area contributed by atoms with Gasteiger partial charge in [-0.2, -0.15) is 0 Å². The maximum Gasteiger partial charge on any atom is 0.119 e. The molecule has 0 amide bonds. The van der Waals surface area contributed by atoms with Crippen molar-refractivity contribution in [2.45, 2.75) is 52.2 Å². The minimum Gasteiger partial charge on any atom is -0.490 e. The van der Waals surface area contributed by atoms with Crippen LogP contribution in [0.5, 0.6) is 5.75 Å². The summed E-state index contributed by atoms with van der Waals surface area (Å²) in [5.74, 6) is 2.40. The Morgan fingerprint density at radius 1 is 1.21 bits per heavy atom. The summed E-state index contributed by atoms with van der Waals surface area (Å²) in [7, 11) is 0. The van der Waals surface area contributed by atoms with Gasteiger partial charge >= 0.3 is 0 Å². The standard InChI is InChI=1S/C24H31N3O/c1-17-5-3-7-21(11-17)28-22-8-4-6-20(13-22)18(2)14-25-15-19-9-10-23-24(12-19)27-16-26-23/h3,5,7,9-12,16,18,20,22,25H,4,6,8,13-15H2,1-2H3,(H,26,27). The second kappa shape index (κ2) is 8.78. The van der Waals surface area contributed by atoms with Crippen LogP contribution < -0.4 is 10.1 Å². The van der Waals surface area contributed by atoms with Gasteiger partial charge in [0, 0.05) is 6.54 Å². The number of nitrogens with zero attached hydrogens (tertiary/aromatic N) is 1. The minimum atomic E-state index is 0.352. The smallest absolute Gasteiger partial charge is 0.119 e. The van der Waals surface area contributed by atoms with Crippen molar-refractivity contribution in [1.29, 1.82) is 0 Å². The fourth-order valence-electron chi connectivity index (χ4n) is 4.38. The van der Waals surface area contributed by atoms with Gasteiger partial charge in [0.05, 0.1) is 23.5 Å². The Morgan fingerprint density at radius 2 is 2.14 bits per heavy atom. The maximum absolute atomic E-state index is 6.29. The predicted octanol–water partition coefficient (Wildman–Crippen LogP) is 5.23. The average molecular weight is 378 g/mol. The number of hydrogen-bond acceptors (Lipinski definition) is 3. The first kappa shape index (κ1) is 19.0. The second-order valence-electron chi connectivity index (χ2n) is 8.35. The highest BCUT2D eigenvalue weighted by Gasteiger charge is 2.27. The largest absolute Gasteiger partial charge is 0.490 e. The molecule has 4 nitrogen and oxygen atoms in total. The third-order valence-corrected chi connectivity index (χ3v) is 6.04. The number of H-pyrrole nitrogens is 1. The van der Waals surface area contributed by atoms with Crippen LogP contribution in [-0.4, -0.2) is 22.6 Å². The molecule has 4 rings (SSSR count). The van der Waals surface area contributed by atoms with Crippen molar-refractivity contribution in [3.63, 3.8) is 0 Å². The molecule has 3 unspecified atom stereocenters. The van der Waals surface area contributed by atoms with E-state index in [0.29, 0.717) is 12.0 Å². The third-order valence-electron chi connectivity index (χ3n) is 6.04. The van der Waals surface area contributed by atoms with Crippen LogP contribution >= 0.6 is 0 Å². The van der Waals surface area contributed by atoms with Crippen molar-refractivity contribution in [2.24, 2.45) is 11.8 Å². The van der Waals surface area contributed by atoms with Crippen LogP contribution in [0.2, 0.25) is 0 Å². The molecular formula is C24H31N3O. The lowest BCUT2D eigenvalue weighted by Crippen LogP contribution is -2.33. The monoisotopic (exact) mass is 377 g/mol. The van der Waals surface area contributed by atoms with Crippen molar-refractivity contribution in [3.8, 4) is 5.75 Å². The SMILES string of the molecule is Cc1cccc(OC2CCCC(C(C)CNCc3ccc4[nH]cnc4c3)C2)c1. The lowest BCUT2D eigenvalue weighted by Gasteiger charge is -2.33. The van der Waals surface area contributed by atoms with Gasteiger partial charge in [-0.1, -0.05) is 25.1 Å². The van der Waals surface area contributed by atoms with Gasteiger partial charge in [-0.3, -0.25) is 0 Å². The lowest BCUT2D eigenvalue weighted by molar-refractivity contribution is 0.102. The van der Waals surface area contributed by atoms with Gasteiger partial charge in [0.1, 0.15) is 5.75 Å². The van der Waals surface area contributed by atoms with Crippen LogP contribution in [0.4, 0.5) is 0 Å². The number of hydrogen-bond donors (Lipinski definition) is 2. The van der Waals surface area contributed by atoms with E-state index in [0.717, 1.165) is 42.2 Å². The van der Waals surface area contributed by atoms with Gasteiger partial charge in [-0.05, 0) is 86.4 Å². The summed E-state index contributed by atoms with van der Waals surface area (Å²) in [5, 5.41) is 3.65. The number of imidazole rings is 1. The Balaban J connectivity index is 1.26. The van der Waals surface area contributed by atoms with E-state index in [1.54, 1.807) is 6.33 Å². The van der Waals surface area contributed by atoms with Gasteiger partial charge in [-0.25, -0.2) is 4.98 Å². The van der Waals surface area contributed by atoms with Crippen molar-refractivity contribution >= 4 is 11.0 Å². The number of aryl methyl sites for hydroxylation is 1. The molecule has 0 saturated heterocycles. The van der Waals surface area contributed by atoms with Gasteiger partial charge < -0.3 is 15.0 Å². The normalized spacial score (nSPS) is 20.9. The van der Waals surface area contributed by atoms with E-state index in [1.165, 1.54) is 30.4 Å². The van der Waals surface area contributed by atoms with E-state index in [1.807, 2.05) is 0 Å². The highest BCUT2D eigenvalue weighted by Crippen LogP contribution is 2.32. The highest BCUT2D eigenvalue weighted by molar-refractivity contribution is 5.74. The molecule has 0 aliphatic heterocycles. The number of aromatic amines is 1. The van der Waals surface area contributed by atoms with E-state index in [-0.39, 0.29) is 0 Å². The molecule has 28 heavy (non-hydrogen) atoms. The molecule has 0 radical (unpaired) electrons. The number of benzene rings is 2. The zero-order chi connectivity index (χ0) is 19.3. The first-order chi connectivity index (χ1) is 13.7. The van der Waals surface area contributed by atoms with Gasteiger partial charge in [-0.15, -0.1) is 0 Å². The number of rotatable bonds is 7. The number of fused-ring (bicyclic) bond motifs is 1.